The largest absolute Gasteiger partial charge is 0.493 e. The maximum atomic E-state index is 6.22. The molecule has 2 heterocycles. The smallest absolute Gasteiger partial charge is 0.162 e. The van der Waals surface area contributed by atoms with Crippen LogP contribution in [0.3, 0.4) is 0 Å². The molecule has 1 atom stereocenters. The molecular weight excluding hydrogens is 344 g/mol. The summed E-state index contributed by atoms with van der Waals surface area (Å²) in [4.78, 5) is 4.22. The molecular formula is C21H24N2O2S. The Kier molecular flexibility index (Phi) is 5.34. The van der Waals surface area contributed by atoms with E-state index in [1.165, 1.54) is 18.4 Å². The molecule has 1 unspecified atom stereocenters. The Morgan fingerprint density at radius 1 is 1.15 bits per heavy atom. The van der Waals surface area contributed by atoms with Crippen molar-refractivity contribution in [1.82, 2.24) is 10.3 Å². The van der Waals surface area contributed by atoms with Crippen LogP contribution in [0.2, 0.25) is 0 Å². The second kappa shape index (κ2) is 8.04. The van der Waals surface area contributed by atoms with Gasteiger partial charge in [-0.25, -0.2) is 0 Å². The number of benzene rings is 1. The third-order valence-electron chi connectivity index (χ3n) is 4.95. The van der Waals surface area contributed by atoms with Crippen LogP contribution in [0.5, 0.6) is 11.5 Å². The average Bonchev–Trinajstić information content (AvgIpc) is 3.22. The fraction of sp³-hybridized carbons (Fsp3) is 0.381. The van der Waals surface area contributed by atoms with Crippen molar-refractivity contribution < 1.29 is 9.47 Å². The Bertz CT molecular complexity index is 773. The number of pyridine rings is 1. The van der Waals surface area contributed by atoms with Crippen LogP contribution in [0.15, 0.2) is 48.1 Å². The van der Waals surface area contributed by atoms with Crippen LogP contribution in [0.4, 0.5) is 0 Å². The molecule has 26 heavy (non-hydrogen) atoms. The molecule has 1 fully saturated rings. The lowest BCUT2D eigenvalue weighted by Gasteiger charge is -2.24. The lowest BCUT2D eigenvalue weighted by Crippen LogP contribution is -2.22. The lowest BCUT2D eigenvalue weighted by atomic mass is 10.1. The molecule has 136 valence electrons. The molecule has 0 amide bonds. The molecule has 1 aliphatic heterocycles. The molecule has 5 heteroatoms. The van der Waals surface area contributed by atoms with Crippen molar-refractivity contribution in [2.75, 3.05) is 13.7 Å². The Balaban J connectivity index is 1.51. The summed E-state index contributed by atoms with van der Waals surface area (Å²) >= 11 is 1.83. The van der Waals surface area contributed by atoms with E-state index in [0.717, 1.165) is 42.1 Å². The van der Waals surface area contributed by atoms with Crippen molar-refractivity contribution in [3.05, 3.63) is 59.3 Å². The monoisotopic (exact) mass is 368 g/mol. The highest BCUT2D eigenvalue weighted by Crippen LogP contribution is 2.38. The Labute approximate surface area is 159 Å². The zero-order chi connectivity index (χ0) is 17.8. The van der Waals surface area contributed by atoms with Gasteiger partial charge in [-0.05, 0) is 60.9 Å². The van der Waals surface area contributed by atoms with Gasteiger partial charge in [-0.3, -0.25) is 4.98 Å². The predicted octanol–water partition coefficient (Wildman–Crippen LogP) is 4.79. The molecule has 0 spiro atoms. The summed E-state index contributed by atoms with van der Waals surface area (Å²) in [5, 5.41) is 6.14. The maximum absolute atomic E-state index is 6.22. The van der Waals surface area contributed by atoms with Gasteiger partial charge in [0.2, 0.25) is 0 Å². The second-order valence-electron chi connectivity index (χ2n) is 6.71. The summed E-state index contributed by atoms with van der Waals surface area (Å²) in [5.41, 5.74) is 3.52. The first-order valence-corrected chi connectivity index (χ1v) is 10.1. The van der Waals surface area contributed by atoms with Crippen molar-refractivity contribution in [2.45, 2.75) is 37.0 Å². The number of hydrogen-bond donors (Lipinski definition) is 1. The first-order valence-electron chi connectivity index (χ1n) is 9.18. The molecule has 1 aliphatic carbocycles. The van der Waals surface area contributed by atoms with E-state index in [9.17, 15) is 0 Å². The predicted molar refractivity (Wildman–Crippen MR) is 106 cm³/mol. The third-order valence-corrected chi connectivity index (χ3v) is 6.09. The van der Waals surface area contributed by atoms with Crippen LogP contribution in [0.1, 0.15) is 42.1 Å². The number of methoxy groups -OCH3 is 1. The van der Waals surface area contributed by atoms with Crippen molar-refractivity contribution in [1.29, 1.82) is 0 Å². The van der Waals surface area contributed by atoms with E-state index in [1.807, 2.05) is 36.3 Å². The van der Waals surface area contributed by atoms with Crippen LogP contribution in [0.25, 0.3) is 5.70 Å². The molecule has 1 saturated carbocycles. The fourth-order valence-corrected chi connectivity index (χ4v) is 4.49. The number of hydrogen-bond acceptors (Lipinski definition) is 5. The minimum Gasteiger partial charge on any atom is -0.493 e. The van der Waals surface area contributed by atoms with E-state index >= 15 is 0 Å². The third kappa shape index (κ3) is 3.83. The highest BCUT2D eigenvalue weighted by molar-refractivity contribution is 8.02. The van der Waals surface area contributed by atoms with Crippen LogP contribution in [-0.4, -0.2) is 24.7 Å². The number of aromatic nitrogens is 1. The molecule has 1 N–H and O–H groups in total. The average molecular weight is 369 g/mol. The number of rotatable bonds is 5. The van der Waals surface area contributed by atoms with E-state index in [-0.39, 0.29) is 0 Å². The topological polar surface area (TPSA) is 43.4 Å². The van der Waals surface area contributed by atoms with Crippen molar-refractivity contribution in [3.8, 4) is 11.5 Å². The zero-order valence-electron chi connectivity index (χ0n) is 15.0. The molecule has 4 rings (SSSR count). The maximum Gasteiger partial charge on any atom is 0.162 e. The molecule has 4 nitrogen and oxygen atoms in total. The van der Waals surface area contributed by atoms with E-state index in [1.54, 1.807) is 7.11 Å². The standard InChI is InChI=1S/C21H24N2O2S/c1-24-19-9-8-15(11-20(19)25-17-6-2-3-7-17)18-14-26-21(13-23-18)16-5-4-10-22-12-16/h4-5,8-12,14,17,21,23H,2-3,6-7,13H2,1H3. The Morgan fingerprint density at radius 3 is 2.73 bits per heavy atom. The summed E-state index contributed by atoms with van der Waals surface area (Å²) in [6.07, 6.45) is 8.86. The van der Waals surface area contributed by atoms with Gasteiger partial charge in [-0.2, -0.15) is 0 Å². The van der Waals surface area contributed by atoms with E-state index < -0.39 is 0 Å². The summed E-state index contributed by atoms with van der Waals surface area (Å²) < 4.78 is 11.7. The van der Waals surface area contributed by atoms with Gasteiger partial charge in [0, 0.05) is 30.2 Å². The van der Waals surface area contributed by atoms with Gasteiger partial charge in [-0.15, -0.1) is 11.8 Å². The van der Waals surface area contributed by atoms with Gasteiger partial charge in [-0.1, -0.05) is 6.07 Å². The lowest BCUT2D eigenvalue weighted by molar-refractivity contribution is 0.200. The summed E-state index contributed by atoms with van der Waals surface area (Å²) in [6.45, 7) is 0.882. The van der Waals surface area contributed by atoms with Gasteiger partial charge >= 0.3 is 0 Å². The van der Waals surface area contributed by atoms with Crippen molar-refractivity contribution in [2.24, 2.45) is 0 Å². The number of thioether (sulfide) groups is 1. The van der Waals surface area contributed by atoms with Gasteiger partial charge < -0.3 is 14.8 Å². The van der Waals surface area contributed by atoms with E-state index in [2.05, 4.69) is 33.9 Å². The van der Waals surface area contributed by atoms with Crippen molar-refractivity contribution >= 4 is 17.5 Å². The Morgan fingerprint density at radius 2 is 2.04 bits per heavy atom. The van der Waals surface area contributed by atoms with Crippen LogP contribution >= 0.6 is 11.8 Å². The highest BCUT2D eigenvalue weighted by atomic mass is 32.2. The van der Waals surface area contributed by atoms with Gasteiger partial charge in [0.15, 0.2) is 11.5 Å². The van der Waals surface area contributed by atoms with Gasteiger partial charge in [0.05, 0.1) is 18.5 Å². The minimum atomic E-state index is 0.316. The molecule has 1 aromatic carbocycles. The summed E-state index contributed by atoms with van der Waals surface area (Å²) in [5.74, 6) is 1.65. The normalized spacial score (nSPS) is 20.3. The molecule has 2 aliphatic rings. The molecule has 0 saturated heterocycles. The van der Waals surface area contributed by atoms with Crippen LogP contribution in [0, 0.1) is 0 Å². The number of ether oxygens (including phenoxy) is 2. The Hall–Kier alpha value is -2.14. The number of nitrogens with zero attached hydrogens (tertiary/aromatic N) is 1. The molecule has 1 aromatic heterocycles. The van der Waals surface area contributed by atoms with Gasteiger partial charge in [0.25, 0.3) is 0 Å². The van der Waals surface area contributed by atoms with E-state index in [0.29, 0.717) is 11.4 Å². The van der Waals surface area contributed by atoms with Crippen LogP contribution in [-0.2, 0) is 0 Å². The number of nitrogens with one attached hydrogen (secondary N) is 1. The van der Waals surface area contributed by atoms with Gasteiger partial charge in [0.1, 0.15) is 0 Å². The highest BCUT2D eigenvalue weighted by Gasteiger charge is 2.21. The summed E-state index contributed by atoms with van der Waals surface area (Å²) in [6, 6.07) is 10.3. The SMILES string of the molecule is COc1ccc(C2=CSC(c3cccnc3)CN2)cc1OC1CCCC1. The molecule has 2 aromatic rings. The zero-order valence-corrected chi connectivity index (χ0v) is 15.8. The molecule has 0 radical (unpaired) electrons. The first kappa shape index (κ1) is 17.3. The first-order chi connectivity index (χ1) is 12.8. The van der Waals surface area contributed by atoms with E-state index in [4.69, 9.17) is 9.47 Å². The van der Waals surface area contributed by atoms with Crippen molar-refractivity contribution in [3.63, 3.8) is 0 Å². The second-order valence-corrected chi connectivity index (χ2v) is 7.79. The summed E-state index contributed by atoms with van der Waals surface area (Å²) in [7, 11) is 1.70. The quantitative estimate of drug-likeness (QED) is 0.822. The van der Waals surface area contributed by atoms with Crippen LogP contribution < -0.4 is 14.8 Å². The minimum absolute atomic E-state index is 0.316. The fourth-order valence-electron chi connectivity index (χ4n) is 3.50. The molecule has 0 bridgehead atoms.